The molecule has 0 atom stereocenters. The second-order valence-electron chi connectivity index (χ2n) is 3.24. The highest BCUT2D eigenvalue weighted by atomic mass is 15.1. The third-order valence-corrected chi connectivity index (χ3v) is 2.03. The van der Waals surface area contributed by atoms with Gasteiger partial charge in [-0.15, -0.1) is 0 Å². The van der Waals surface area contributed by atoms with Crippen LogP contribution < -0.4 is 5.32 Å². The number of likely N-dealkylation sites (N-methyl/N-ethyl adjacent to an activating group) is 1. The summed E-state index contributed by atoms with van der Waals surface area (Å²) in [5.74, 6) is 0.863. The van der Waals surface area contributed by atoms with Gasteiger partial charge in [-0.25, -0.2) is 4.98 Å². The molecule has 0 aliphatic rings. The summed E-state index contributed by atoms with van der Waals surface area (Å²) in [5.41, 5.74) is 1.09. The van der Waals surface area contributed by atoms with Crippen molar-refractivity contribution in [2.24, 2.45) is 0 Å². The highest BCUT2D eigenvalue weighted by Crippen LogP contribution is 1.99. The zero-order valence-electron chi connectivity index (χ0n) is 8.59. The van der Waals surface area contributed by atoms with Crippen LogP contribution in [0.2, 0.25) is 0 Å². The van der Waals surface area contributed by atoms with E-state index in [4.69, 9.17) is 0 Å². The van der Waals surface area contributed by atoms with Gasteiger partial charge in [0.25, 0.3) is 0 Å². The van der Waals surface area contributed by atoms with Crippen molar-refractivity contribution in [3.63, 3.8) is 0 Å². The Bertz CT molecular complexity index is 244. The predicted octanol–water partition coefficient (Wildman–Crippen LogP) is 1.08. The first-order valence-corrected chi connectivity index (χ1v) is 4.66. The van der Waals surface area contributed by atoms with Gasteiger partial charge in [0.05, 0.1) is 0 Å². The highest BCUT2D eigenvalue weighted by Gasteiger charge is 1.96. The van der Waals surface area contributed by atoms with E-state index in [-0.39, 0.29) is 0 Å². The number of aryl methyl sites for hydroxylation is 1. The molecule has 0 aromatic carbocycles. The maximum atomic E-state index is 4.15. The van der Waals surface area contributed by atoms with Gasteiger partial charge in [-0.05, 0) is 20.5 Å². The highest BCUT2D eigenvalue weighted by molar-refractivity contribution is 5.25. The lowest BCUT2D eigenvalue weighted by molar-refractivity contribution is 0.367. The van der Waals surface area contributed by atoms with Crippen LogP contribution in [0.4, 0.5) is 5.95 Å². The van der Waals surface area contributed by atoms with E-state index in [2.05, 4.69) is 34.2 Å². The largest absolute Gasteiger partial charge is 0.355 e. The van der Waals surface area contributed by atoms with E-state index >= 15 is 0 Å². The number of H-pyrrole nitrogens is 1. The molecule has 1 heterocycles. The molecule has 0 amide bonds. The normalized spacial score (nSPS) is 10.8. The Kier molecular flexibility index (Phi) is 3.76. The van der Waals surface area contributed by atoms with Gasteiger partial charge < -0.3 is 15.2 Å². The van der Waals surface area contributed by atoms with Crippen molar-refractivity contribution in [3.8, 4) is 0 Å². The minimum atomic E-state index is 0.863. The monoisotopic (exact) mass is 182 g/mol. The molecular formula is C9H18N4. The van der Waals surface area contributed by atoms with Crippen molar-refractivity contribution in [2.45, 2.75) is 13.8 Å². The van der Waals surface area contributed by atoms with E-state index in [1.807, 2.05) is 13.1 Å². The van der Waals surface area contributed by atoms with Crippen LogP contribution in [0.1, 0.15) is 12.6 Å². The summed E-state index contributed by atoms with van der Waals surface area (Å²) in [7, 11) is 2.11. The van der Waals surface area contributed by atoms with Gasteiger partial charge in [-0.3, -0.25) is 0 Å². The van der Waals surface area contributed by atoms with Crippen LogP contribution >= 0.6 is 0 Å². The Morgan fingerprint density at radius 2 is 2.38 bits per heavy atom. The smallest absolute Gasteiger partial charge is 0.200 e. The lowest BCUT2D eigenvalue weighted by Crippen LogP contribution is -2.24. The topological polar surface area (TPSA) is 44.0 Å². The lowest BCUT2D eigenvalue weighted by atomic mass is 10.5. The number of imidazole rings is 1. The van der Waals surface area contributed by atoms with Crippen LogP contribution in [0.5, 0.6) is 0 Å². The molecule has 0 aliphatic carbocycles. The fraction of sp³-hybridized carbons (Fsp3) is 0.667. The molecule has 0 saturated carbocycles. The zero-order valence-corrected chi connectivity index (χ0v) is 8.59. The Balaban J connectivity index is 2.20. The van der Waals surface area contributed by atoms with E-state index < -0.39 is 0 Å². The number of nitrogens with one attached hydrogen (secondary N) is 2. The second kappa shape index (κ2) is 4.87. The van der Waals surface area contributed by atoms with Gasteiger partial charge in [0.1, 0.15) is 0 Å². The fourth-order valence-electron chi connectivity index (χ4n) is 1.03. The summed E-state index contributed by atoms with van der Waals surface area (Å²) < 4.78 is 0. The molecule has 74 valence electrons. The molecule has 4 heteroatoms. The molecule has 4 nitrogen and oxygen atoms in total. The SMILES string of the molecule is CCN(C)CCNc1ncc(C)[nH]1. The van der Waals surface area contributed by atoms with Crippen LogP contribution in [0.15, 0.2) is 6.20 Å². The Morgan fingerprint density at radius 3 is 2.92 bits per heavy atom. The van der Waals surface area contributed by atoms with Crippen LogP contribution in [0.25, 0.3) is 0 Å². The molecular weight excluding hydrogens is 164 g/mol. The average Bonchev–Trinajstić information content (AvgIpc) is 2.51. The summed E-state index contributed by atoms with van der Waals surface area (Å²) >= 11 is 0. The minimum absolute atomic E-state index is 0.863. The van der Waals surface area contributed by atoms with Crippen molar-refractivity contribution in [3.05, 3.63) is 11.9 Å². The Morgan fingerprint density at radius 1 is 1.62 bits per heavy atom. The van der Waals surface area contributed by atoms with Crippen LogP contribution in [0, 0.1) is 6.92 Å². The molecule has 1 aromatic rings. The number of rotatable bonds is 5. The molecule has 0 aliphatic heterocycles. The van der Waals surface area contributed by atoms with E-state index in [9.17, 15) is 0 Å². The number of aromatic nitrogens is 2. The first-order chi connectivity index (χ1) is 6.22. The van der Waals surface area contributed by atoms with Gasteiger partial charge in [-0.1, -0.05) is 6.92 Å². The van der Waals surface area contributed by atoms with Crippen LogP contribution in [-0.4, -0.2) is 41.5 Å². The zero-order chi connectivity index (χ0) is 9.68. The van der Waals surface area contributed by atoms with E-state index in [1.54, 1.807) is 0 Å². The average molecular weight is 182 g/mol. The second-order valence-corrected chi connectivity index (χ2v) is 3.24. The third-order valence-electron chi connectivity index (χ3n) is 2.03. The molecule has 1 aromatic heterocycles. The standard InChI is InChI=1S/C9H18N4/c1-4-13(3)6-5-10-9-11-7-8(2)12-9/h7H,4-6H2,1-3H3,(H2,10,11,12). The molecule has 1 rings (SSSR count). The number of anilines is 1. The first kappa shape index (κ1) is 10.1. The molecule has 0 saturated heterocycles. The molecule has 0 unspecified atom stereocenters. The van der Waals surface area contributed by atoms with Gasteiger partial charge in [0.2, 0.25) is 0 Å². The minimum Gasteiger partial charge on any atom is -0.355 e. The van der Waals surface area contributed by atoms with E-state index in [0.717, 1.165) is 31.3 Å². The number of nitrogens with zero attached hydrogens (tertiary/aromatic N) is 2. The summed E-state index contributed by atoms with van der Waals surface area (Å²) in [4.78, 5) is 9.53. The maximum absolute atomic E-state index is 4.15. The van der Waals surface area contributed by atoms with Crippen LogP contribution in [-0.2, 0) is 0 Å². The lowest BCUT2D eigenvalue weighted by Gasteiger charge is -2.13. The van der Waals surface area contributed by atoms with Gasteiger partial charge >= 0.3 is 0 Å². The summed E-state index contributed by atoms with van der Waals surface area (Å²) in [6, 6.07) is 0. The van der Waals surface area contributed by atoms with Gasteiger partial charge in [-0.2, -0.15) is 0 Å². The number of hydrogen-bond donors (Lipinski definition) is 2. The Labute approximate surface area is 79.4 Å². The quantitative estimate of drug-likeness (QED) is 0.716. The van der Waals surface area contributed by atoms with Crippen molar-refractivity contribution in [1.82, 2.24) is 14.9 Å². The molecule has 0 fully saturated rings. The summed E-state index contributed by atoms with van der Waals surface area (Å²) in [6.07, 6.45) is 1.83. The molecule has 2 N–H and O–H groups in total. The van der Waals surface area contributed by atoms with E-state index in [0.29, 0.717) is 0 Å². The van der Waals surface area contributed by atoms with E-state index in [1.165, 1.54) is 0 Å². The fourth-order valence-corrected chi connectivity index (χ4v) is 1.03. The number of aromatic amines is 1. The summed E-state index contributed by atoms with van der Waals surface area (Å²) in [5, 5.41) is 3.22. The van der Waals surface area contributed by atoms with Gasteiger partial charge in [0.15, 0.2) is 5.95 Å². The van der Waals surface area contributed by atoms with Gasteiger partial charge in [0, 0.05) is 25.0 Å². The molecule has 0 bridgehead atoms. The number of hydrogen-bond acceptors (Lipinski definition) is 3. The predicted molar refractivity (Wildman–Crippen MR) is 55.0 cm³/mol. The molecule has 0 radical (unpaired) electrons. The van der Waals surface area contributed by atoms with Crippen molar-refractivity contribution >= 4 is 5.95 Å². The third kappa shape index (κ3) is 3.46. The summed E-state index contributed by atoms with van der Waals surface area (Å²) in [6.45, 7) is 7.19. The Hall–Kier alpha value is -1.03. The molecule has 13 heavy (non-hydrogen) atoms. The van der Waals surface area contributed by atoms with Crippen molar-refractivity contribution in [1.29, 1.82) is 0 Å². The van der Waals surface area contributed by atoms with Crippen molar-refractivity contribution in [2.75, 3.05) is 32.0 Å². The van der Waals surface area contributed by atoms with Crippen LogP contribution in [0.3, 0.4) is 0 Å². The first-order valence-electron chi connectivity index (χ1n) is 4.66. The maximum Gasteiger partial charge on any atom is 0.200 e. The van der Waals surface area contributed by atoms with Crippen molar-refractivity contribution < 1.29 is 0 Å². The molecule has 0 spiro atoms.